The number of benzene rings is 2. The van der Waals surface area contributed by atoms with Gasteiger partial charge in [0.25, 0.3) is 0 Å². The minimum Gasteiger partial charge on any atom is -0.545 e. The third-order valence-electron chi connectivity index (χ3n) is 3.18. The van der Waals surface area contributed by atoms with Crippen molar-refractivity contribution in [1.82, 2.24) is 0 Å². The molecule has 0 heterocycles. The van der Waals surface area contributed by atoms with E-state index < -0.39 is 23.3 Å². The second-order valence-electron chi connectivity index (χ2n) is 4.61. The fraction of sp³-hybridized carbons (Fsp3) is 0.188. The first-order valence-electron chi connectivity index (χ1n) is 6.34. The Balaban J connectivity index is 2.35. The SMILES string of the molecule is O=C([O-])c1cccc(CCc2ccccc2)c1C(F)(F)F. The van der Waals surface area contributed by atoms with Crippen LogP contribution < -0.4 is 5.11 Å². The van der Waals surface area contributed by atoms with Crippen molar-refractivity contribution in [3.63, 3.8) is 0 Å². The van der Waals surface area contributed by atoms with Crippen LogP contribution >= 0.6 is 0 Å². The number of halogens is 3. The van der Waals surface area contributed by atoms with Crippen LogP contribution in [0.5, 0.6) is 0 Å². The Kier molecular flexibility index (Phi) is 4.31. The number of carboxylic acids is 1. The molecule has 2 nitrogen and oxygen atoms in total. The quantitative estimate of drug-likeness (QED) is 0.869. The molecule has 2 aromatic rings. The highest BCUT2D eigenvalue weighted by Crippen LogP contribution is 2.35. The van der Waals surface area contributed by atoms with Crippen LogP contribution in [0, 0.1) is 0 Å². The van der Waals surface area contributed by atoms with E-state index in [1.165, 1.54) is 12.1 Å². The Hall–Kier alpha value is -2.30. The van der Waals surface area contributed by atoms with E-state index >= 15 is 0 Å². The van der Waals surface area contributed by atoms with Gasteiger partial charge in [0.2, 0.25) is 0 Å². The zero-order chi connectivity index (χ0) is 15.5. The van der Waals surface area contributed by atoms with Crippen molar-refractivity contribution in [3.8, 4) is 0 Å². The molecule has 0 fully saturated rings. The molecule has 0 amide bonds. The Labute approximate surface area is 119 Å². The lowest BCUT2D eigenvalue weighted by Crippen LogP contribution is -2.27. The van der Waals surface area contributed by atoms with Crippen LogP contribution in [0.3, 0.4) is 0 Å². The van der Waals surface area contributed by atoms with Crippen LogP contribution in [0.2, 0.25) is 0 Å². The van der Waals surface area contributed by atoms with Crippen molar-refractivity contribution in [1.29, 1.82) is 0 Å². The van der Waals surface area contributed by atoms with Gasteiger partial charge in [0.05, 0.1) is 11.5 Å². The number of hydrogen-bond donors (Lipinski definition) is 0. The van der Waals surface area contributed by atoms with Gasteiger partial charge in [-0.1, -0.05) is 48.5 Å². The smallest absolute Gasteiger partial charge is 0.417 e. The van der Waals surface area contributed by atoms with Gasteiger partial charge in [0, 0.05) is 5.56 Å². The molecule has 0 aliphatic rings. The second kappa shape index (κ2) is 5.99. The number of carbonyl (C=O) groups excluding carboxylic acids is 1. The molecule has 0 radical (unpaired) electrons. The van der Waals surface area contributed by atoms with Crippen molar-refractivity contribution in [3.05, 3.63) is 70.8 Å². The van der Waals surface area contributed by atoms with Gasteiger partial charge in [-0.3, -0.25) is 0 Å². The predicted octanol–water partition coefficient (Wildman–Crippen LogP) is 2.85. The molecular formula is C16H12F3O2-. The lowest BCUT2D eigenvalue weighted by molar-refractivity contribution is -0.255. The average molecular weight is 293 g/mol. The fourth-order valence-electron chi connectivity index (χ4n) is 2.24. The molecule has 0 aliphatic carbocycles. The van der Waals surface area contributed by atoms with E-state index in [-0.39, 0.29) is 12.0 Å². The minimum atomic E-state index is -4.72. The second-order valence-corrected chi connectivity index (χ2v) is 4.61. The van der Waals surface area contributed by atoms with Gasteiger partial charge in [-0.25, -0.2) is 0 Å². The number of rotatable bonds is 4. The number of carbonyl (C=O) groups is 1. The van der Waals surface area contributed by atoms with E-state index in [2.05, 4.69) is 0 Å². The normalized spacial score (nSPS) is 11.4. The summed E-state index contributed by atoms with van der Waals surface area (Å²) in [6.45, 7) is 0. The van der Waals surface area contributed by atoms with E-state index in [0.29, 0.717) is 6.42 Å². The lowest BCUT2D eigenvalue weighted by atomic mass is 9.95. The molecule has 5 heteroatoms. The molecule has 2 aromatic carbocycles. The maximum Gasteiger partial charge on any atom is 0.417 e. The van der Waals surface area contributed by atoms with Crippen LogP contribution in [-0.4, -0.2) is 5.97 Å². The average Bonchev–Trinajstić information content (AvgIpc) is 2.44. The third kappa shape index (κ3) is 3.62. The first-order chi connectivity index (χ1) is 9.89. The summed E-state index contributed by atoms with van der Waals surface area (Å²) in [6.07, 6.45) is -4.21. The zero-order valence-electron chi connectivity index (χ0n) is 11.0. The van der Waals surface area contributed by atoms with Gasteiger partial charge in [0.1, 0.15) is 0 Å². The van der Waals surface area contributed by atoms with Gasteiger partial charge in [0.15, 0.2) is 0 Å². The monoisotopic (exact) mass is 293 g/mol. The molecule has 0 spiro atoms. The number of hydrogen-bond acceptors (Lipinski definition) is 2. The van der Waals surface area contributed by atoms with Gasteiger partial charge in [-0.15, -0.1) is 0 Å². The highest BCUT2D eigenvalue weighted by atomic mass is 19.4. The molecule has 21 heavy (non-hydrogen) atoms. The van der Waals surface area contributed by atoms with Gasteiger partial charge >= 0.3 is 6.18 Å². The van der Waals surface area contributed by atoms with Crippen LogP contribution in [0.15, 0.2) is 48.5 Å². The van der Waals surface area contributed by atoms with E-state index in [0.717, 1.165) is 11.6 Å². The Bertz CT molecular complexity index is 634. The highest BCUT2D eigenvalue weighted by Gasteiger charge is 2.36. The number of aryl methyl sites for hydroxylation is 2. The van der Waals surface area contributed by atoms with E-state index in [9.17, 15) is 23.1 Å². The van der Waals surface area contributed by atoms with Crippen LogP contribution in [-0.2, 0) is 19.0 Å². The van der Waals surface area contributed by atoms with Crippen LogP contribution in [0.1, 0.15) is 27.0 Å². The topological polar surface area (TPSA) is 40.1 Å². The Morgan fingerprint density at radius 1 is 0.952 bits per heavy atom. The predicted molar refractivity (Wildman–Crippen MR) is 69.6 cm³/mol. The summed E-state index contributed by atoms with van der Waals surface area (Å²) in [7, 11) is 0. The summed E-state index contributed by atoms with van der Waals surface area (Å²) in [4.78, 5) is 10.9. The van der Waals surface area contributed by atoms with Crippen molar-refractivity contribution in [2.24, 2.45) is 0 Å². The maximum atomic E-state index is 13.1. The number of aromatic carboxylic acids is 1. The fourth-order valence-corrected chi connectivity index (χ4v) is 2.24. The number of carboxylic acid groups (broad SMARTS) is 1. The first-order valence-corrected chi connectivity index (χ1v) is 6.34. The lowest BCUT2D eigenvalue weighted by Gasteiger charge is -2.18. The maximum absolute atomic E-state index is 13.1. The van der Waals surface area contributed by atoms with Crippen molar-refractivity contribution in [2.75, 3.05) is 0 Å². The zero-order valence-corrected chi connectivity index (χ0v) is 11.0. The minimum absolute atomic E-state index is 0.0342. The van der Waals surface area contributed by atoms with Crippen molar-refractivity contribution in [2.45, 2.75) is 19.0 Å². The van der Waals surface area contributed by atoms with Crippen molar-refractivity contribution < 1.29 is 23.1 Å². The van der Waals surface area contributed by atoms with Crippen LogP contribution in [0.4, 0.5) is 13.2 Å². The summed E-state index contributed by atoms with van der Waals surface area (Å²) < 4.78 is 39.3. The summed E-state index contributed by atoms with van der Waals surface area (Å²) in [5.74, 6) is -1.82. The van der Waals surface area contributed by atoms with E-state index in [1.807, 2.05) is 18.2 Å². The number of alkyl halides is 3. The molecule has 0 saturated carbocycles. The van der Waals surface area contributed by atoms with E-state index in [1.54, 1.807) is 12.1 Å². The first kappa shape index (κ1) is 15.1. The summed E-state index contributed by atoms with van der Waals surface area (Å²) >= 11 is 0. The molecule has 0 atom stereocenters. The molecule has 0 bridgehead atoms. The Morgan fingerprint density at radius 2 is 1.62 bits per heavy atom. The molecule has 2 rings (SSSR count). The molecule has 0 aliphatic heterocycles. The molecule has 0 unspecified atom stereocenters. The summed E-state index contributed by atoms with van der Waals surface area (Å²) in [6, 6.07) is 12.6. The molecule has 0 aromatic heterocycles. The third-order valence-corrected chi connectivity index (χ3v) is 3.18. The van der Waals surface area contributed by atoms with Crippen molar-refractivity contribution >= 4 is 5.97 Å². The largest absolute Gasteiger partial charge is 0.545 e. The summed E-state index contributed by atoms with van der Waals surface area (Å²) in [5, 5.41) is 10.9. The summed E-state index contributed by atoms with van der Waals surface area (Å²) in [5.41, 5.74) is -1.06. The molecule has 0 saturated heterocycles. The van der Waals surface area contributed by atoms with Gasteiger partial charge < -0.3 is 9.90 Å². The molecule has 0 N–H and O–H groups in total. The standard InChI is InChI=1S/C16H13F3O2/c17-16(18,19)14-12(7-4-8-13(14)15(20)21)10-9-11-5-2-1-3-6-11/h1-8H,9-10H2,(H,20,21)/p-1. The van der Waals surface area contributed by atoms with Gasteiger partial charge in [-0.05, 0) is 24.0 Å². The van der Waals surface area contributed by atoms with Gasteiger partial charge in [-0.2, -0.15) is 13.2 Å². The van der Waals surface area contributed by atoms with E-state index in [4.69, 9.17) is 0 Å². The van der Waals surface area contributed by atoms with Crippen LogP contribution in [0.25, 0.3) is 0 Å². The molecule has 110 valence electrons. The highest BCUT2D eigenvalue weighted by molar-refractivity contribution is 5.88. The Morgan fingerprint density at radius 3 is 2.19 bits per heavy atom. The molecular weight excluding hydrogens is 281 g/mol.